The van der Waals surface area contributed by atoms with E-state index in [1.165, 1.54) is 0 Å². The number of benzene rings is 1. The SMILES string of the molecule is COc1cccc(CN(C)c2n[nH]c(N)n2)c1. The predicted octanol–water partition coefficient (Wildman–Crippen LogP) is 1.03. The Labute approximate surface area is 99.4 Å². The van der Waals surface area contributed by atoms with Crippen LogP contribution in [-0.4, -0.2) is 29.3 Å². The highest BCUT2D eigenvalue weighted by Gasteiger charge is 2.07. The van der Waals surface area contributed by atoms with Gasteiger partial charge in [-0.05, 0) is 17.7 Å². The number of anilines is 2. The minimum atomic E-state index is 0.317. The maximum absolute atomic E-state index is 5.48. The summed E-state index contributed by atoms with van der Waals surface area (Å²) in [5.41, 5.74) is 6.60. The molecule has 6 heteroatoms. The fourth-order valence-electron chi connectivity index (χ4n) is 1.55. The van der Waals surface area contributed by atoms with Gasteiger partial charge in [0.05, 0.1) is 7.11 Å². The highest BCUT2D eigenvalue weighted by Crippen LogP contribution is 2.15. The van der Waals surface area contributed by atoms with E-state index in [2.05, 4.69) is 15.2 Å². The zero-order valence-corrected chi connectivity index (χ0v) is 9.84. The van der Waals surface area contributed by atoms with Gasteiger partial charge in [-0.2, -0.15) is 4.98 Å². The minimum absolute atomic E-state index is 0.317. The summed E-state index contributed by atoms with van der Waals surface area (Å²) in [6, 6.07) is 7.87. The first kappa shape index (κ1) is 11.3. The molecule has 2 rings (SSSR count). The number of nitrogens with two attached hydrogens (primary N) is 1. The zero-order chi connectivity index (χ0) is 12.3. The Morgan fingerprint density at radius 3 is 2.94 bits per heavy atom. The average Bonchev–Trinajstić information content (AvgIpc) is 2.76. The molecule has 0 saturated heterocycles. The number of rotatable bonds is 4. The van der Waals surface area contributed by atoms with Gasteiger partial charge in [-0.3, -0.25) is 0 Å². The second kappa shape index (κ2) is 4.73. The van der Waals surface area contributed by atoms with Crippen LogP contribution < -0.4 is 15.4 Å². The third-order valence-electron chi connectivity index (χ3n) is 2.39. The van der Waals surface area contributed by atoms with Crippen LogP contribution in [0.25, 0.3) is 0 Å². The molecule has 3 N–H and O–H groups in total. The van der Waals surface area contributed by atoms with Crippen LogP contribution in [0.1, 0.15) is 5.56 Å². The lowest BCUT2D eigenvalue weighted by atomic mass is 10.2. The number of nitrogens with one attached hydrogen (secondary N) is 1. The molecule has 0 aliphatic heterocycles. The molecule has 0 spiro atoms. The summed E-state index contributed by atoms with van der Waals surface area (Å²) >= 11 is 0. The number of H-pyrrole nitrogens is 1. The molecule has 0 radical (unpaired) electrons. The van der Waals surface area contributed by atoms with Gasteiger partial charge in [0, 0.05) is 13.6 Å². The van der Waals surface area contributed by atoms with E-state index in [1.54, 1.807) is 7.11 Å². The molecule has 0 amide bonds. The van der Waals surface area contributed by atoms with E-state index >= 15 is 0 Å². The number of aromatic amines is 1. The van der Waals surface area contributed by atoms with Crippen molar-refractivity contribution in [1.29, 1.82) is 0 Å². The van der Waals surface area contributed by atoms with E-state index in [0.29, 0.717) is 18.4 Å². The number of nitrogens with zero attached hydrogens (tertiary/aromatic N) is 3. The predicted molar refractivity (Wildman–Crippen MR) is 65.9 cm³/mol. The van der Waals surface area contributed by atoms with Gasteiger partial charge in [-0.15, -0.1) is 5.10 Å². The molecule has 0 bridgehead atoms. The molecule has 0 aliphatic rings. The smallest absolute Gasteiger partial charge is 0.246 e. The summed E-state index contributed by atoms with van der Waals surface area (Å²) in [6.07, 6.45) is 0. The van der Waals surface area contributed by atoms with Crippen LogP contribution >= 0.6 is 0 Å². The maximum Gasteiger partial charge on any atom is 0.246 e. The van der Waals surface area contributed by atoms with Gasteiger partial charge >= 0.3 is 0 Å². The van der Waals surface area contributed by atoms with Gasteiger partial charge in [0.1, 0.15) is 5.75 Å². The van der Waals surface area contributed by atoms with Crippen LogP contribution in [0.2, 0.25) is 0 Å². The molecule has 17 heavy (non-hydrogen) atoms. The summed E-state index contributed by atoms with van der Waals surface area (Å²) in [5.74, 6) is 1.73. The van der Waals surface area contributed by atoms with Gasteiger partial charge in [-0.25, -0.2) is 5.10 Å². The third kappa shape index (κ3) is 2.66. The van der Waals surface area contributed by atoms with E-state index < -0.39 is 0 Å². The van der Waals surface area contributed by atoms with Crippen LogP contribution in [0.4, 0.5) is 11.9 Å². The highest BCUT2D eigenvalue weighted by molar-refractivity contribution is 5.36. The molecule has 6 nitrogen and oxygen atoms in total. The lowest BCUT2D eigenvalue weighted by Crippen LogP contribution is -2.17. The molecule has 90 valence electrons. The van der Waals surface area contributed by atoms with Gasteiger partial charge in [-0.1, -0.05) is 12.1 Å². The molecular weight excluding hydrogens is 218 g/mol. The Kier molecular flexibility index (Phi) is 3.13. The first-order valence-electron chi connectivity index (χ1n) is 5.21. The van der Waals surface area contributed by atoms with Gasteiger partial charge in [0.15, 0.2) is 0 Å². The van der Waals surface area contributed by atoms with E-state index in [9.17, 15) is 0 Å². The molecule has 0 saturated carbocycles. The van der Waals surface area contributed by atoms with E-state index in [0.717, 1.165) is 11.3 Å². The minimum Gasteiger partial charge on any atom is -0.497 e. The van der Waals surface area contributed by atoms with E-state index in [-0.39, 0.29) is 0 Å². The number of methoxy groups -OCH3 is 1. The fourth-order valence-corrected chi connectivity index (χ4v) is 1.55. The van der Waals surface area contributed by atoms with Gasteiger partial charge in [0.2, 0.25) is 11.9 Å². The van der Waals surface area contributed by atoms with Crippen molar-refractivity contribution in [2.45, 2.75) is 6.54 Å². The first-order valence-corrected chi connectivity index (χ1v) is 5.21. The number of hydrogen-bond acceptors (Lipinski definition) is 5. The van der Waals surface area contributed by atoms with Crippen LogP contribution in [0.3, 0.4) is 0 Å². The number of hydrogen-bond donors (Lipinski definition) is 2. The summed E-state index contributed by atoms with van der Waals surface area (Å²) in [6.45, 7) is 0.689. The molecule has 0 unspecified atom stereocenters. The lowest BCUT2D eigenvalue weighted by Gasteiger charge is -2.14. The topological polar surface area (TPSA) is 80.1 Å². The molecule has 0 fully saturated rings. The van der Waals surface area contributed by atoms with Crippen LogP contribution in [0.5, 0.6) is 5.75 Å². The van der Waals surface area contributed by atoms with Crippen molar-refractivity contribution in [3.05, 3.63) is 29.8 Å². The zero-order valence-electron chi connectivity index (χ0n) is 9.84. The standard InChI is InChI=1S/C11H15N5O/c1-16(11-13-10(12)14-15-11)7-8-4-3-5-9(6-8)17-2/h3-6H,7H2,1-2H3,(H3,12,13,14,15). The molecule has 1 aromatic carbocycles. The third-order valence-corrected chi connectivity index (χ3v) is 2.39. The maximum atomic E-state index is 5.48. The van der Waals surface area contributed by atoms with E-state index in [1.807, 2.05) is 36.2 Å². The normalized spacial score (nSPS) is 10.2. The molecular formula is C11H15N5O. The first-order chi connectivity index (χ1) is 8.19. The van der Waals surface area contributed by atoms with Gasteiger partial charge in [0.25, 0.3) is 0 Å². The molecule has 1 aromatic heterocycles. The Morgan fingerprint density at radius 1 is 1.47 bits per heavy atom. The highest BCUT2D eigenvalue weighted by atomic mass is 16.5. The van der Waals surface area contributed by atoms with Crippen molar-refractivity contribution >= 4 is 11.9 Å². The molecule has 2 aromatic rings. The molecule has 0 atom stereocenters. The van der Waals surface area contributed by atoms with Crippen molar-refractivity contribution in [1.82, 2.24) is 15.2 Å². The van der Waals surface area contributed by atoms with Crippen molar-refractivity contribution in [3.8, 4) is 5.75 Å². The summed E-state index contributed by atoms with van der Waals surface area (Å²) in [7, 11) is 3.56. The number of aromatic nitrogens is 3. The van der Waals surface area contributed by atoms with Crippen LogP contribution in [0, 0.1) is 0 Å². The Balaban J connectivity index is 2.09. The Morgan fingerprint density at radius 2 is 2.29 bits per heavy atom. The van der Waals surface area contributed by atoms with Crippen molar-refractivity contribution < 1.29 is 4.74 Å². The Hall–Kier alpha value is -2.24. The fraction of sp³-hybridized carbons (Fsp3) is 0.273. The summed E-state index contributed by atoms with van der Waals surface area (Å²) < 4.78 is 5.17. The van der Waals surface area contributed by atoms with Crippen molar-refractivity contribution in [3.63, 3.8) is 0 Å². The quantitative estimate of drug-likeness (QED) is 0.824. The van der Waals surface area contributed by atoms with Crippen molar-refractivity contribution in [2.75, 3.05) is 24.8 Å². The number of ether oxygens (including phenoxy) is 1. The largest absolute Gasteiger partial charge is 0.497 e. The monoisotopic (exact) mass is 233 g/mol. The molecule has 1 heterocycles. The van der Waals surface area contributed by atoms with Crippen LogP contribution in [-0.2, 0) is 6.54 Å². The Bertz CT molecular complexity index is 496. The second-order valence-corrected chi connectivity index (χ2v) is 3.73. The summed E-state index contributed by atoms with van der Waals surface area (Å²) in [4.78, 5) is 5.96. The van der Waals surface area contributed by atoms with E-state index in [4.69, 9.17) is 10.5 Å². The van der Waals surface area contributed by atoms with Crippen LogP contribution in [0.15, 0.2) is 24.3 Å². The van der Waals surface area contributed by atoms with Crippen molar-refractivity contribution in [2.24, 2.45) is 0 Å². The second-order valence-electron chi connectivity index (χ2n) is 3.73. The number of nitrogen functional groups attached to an aromatic ring is 1. The average molecular weight is 233 g/mol. The summed E-state index contributed by atoms with van der Waals surface area (Å²) in [5, 5.41) is 6.60. The molecule has 0 aliphatic carbocycles. The lowest BCUT2D eigenvalue weighted by molar-refractivity contribution is 0.414. The van der Waals surface area contributed by atoms with Gasteiger partial charge < -0.3 is 15.4 Å².